The van der Waals surface area contributed by atoms with E-state index >= 15 is 0 Å². The first-order valence-corrected chi connectivity index (χ1v) is 7.27. The summed E-state index contributed by atoms with van der Waals surface area (Å²) in [5, 5.41) is 3.62. The molecule has 1 amide bonds. The van der Waals surface area contributed by atoms with Gasteiger partial charge in [-0.2, -0.15) is 0 Å². The maximum atomic E-state index is 12.0. The molecule has 0 bridgehead atoms. The Bertz CT molecular complexity index is 689. The number of benzene rings is 2. The van der Waals surface area contributed by atoms with Gasteiger partial charge in [-0.25, -0.2) is 0 Å². The zero-order chi connectivity index (χ0) is 16.1. The van der Waals surface area contributed by atoms with E-state index in [2.05, 4.69) is 5.32 Å². The van der Waals surface area contributed by atoms with Crippen molar-refractivity contribution < 1.29 is 14.3 Å². The zero-order valence-electron chi connectivity index (χ0n) is 12.2. The van der Waals surface area contributed by atoms with Crippen molar-refractivity contribution in [2.45, 2.75) is 6.92 Å². The zero-order valence-corrected chi connectivity index (χ0v) is 13.7. The molecule has 0 spiro atoms. The fourth-order valence-electron chi connectivity index (χ4n) is 1.84. The largest absolute Gasteiger partial charge is 0.495 e. The van der Waals surface area contributed by atoms with Crippen molar-refractivity contribution in [2.75, 3.05) is 19.0 Å². The Morgan fingerprint density at radius 2 is 1.91 bits per heavy atom. The molecule has 2 aromatic rings. The van der Waals surface area contributed by atoms with E-state index in [0.29, 0.717) is 27.2 Å². The van der Waals surface area contributed by atoms with Crippen LogP contribution < -0.4 is 14.8 Å². The van der Waals surface area contributed by atoms with E-state index in [1.54, 1.807) is 31.4 Å². The Labute approximate surface area is 138 Å². The van der Waals surface area contributed by atoms with E-state index in [1.807, 2.05) is 19.1 Å². The number of hydrogen-bond acceptors (Lipinski definition) is 3. The quantitative estimate of drug-likeness (QED) is 0.881. The van der Waals surface area contributed by atoms with Gasteiger partial charge in [0, 0.05) is 11.1 Å². The average Bonchev–Trinajstić information content (AvgIpc) is 2.48. The van der Waals surface area contributed by atoms with Crippen molar-refractivity contribution >= 4 is 34.8 Å². The molecule has 0 saturated heterocycles. The van der Waals surface area contributed by atoms with E-state index in [0.717, 1.165) is 5.56 Å². The lowest BCUT2D eigenvalue weighted by Crippen LogP contribution is -2.20. The molecule has 0 radical (unpaired) electrons. The molecular formula is C16H15Cl2NO3. The molecule has 0 saturated carbocycles. The first kappa shape index (κ1) is 16.5. The Morgan fingerprint density at radius 3 is 2.64 bits per heavy atom. The Balaban J connectivity index is 2.01. The highest BCUT2D eigenvalue weighted by Gasteiger charge is 2.10. The van der Waals surface area contributed by atoms with Crippen LogP contribution in [0.4, 0.5) is 5.69 Å². The smallest absolute Gasteiger partial charge is 0.262 e. The van der Waals surface area contributed by atoms with Gasteiger partial charge in [-0.3, -0.25) is 4.79 Å². The van der Waals surface area contributed by atoms with Gasteiger partial charge in [-0.1, -0.05) is 29.3 Å². The molecule has 0 aliphatic rings. The number of rotatable bonds is 5. The highest BCUT2D eigenvalue weighted by molar-refractivity contribution is 6.34. The van der Waals surface area contributed by atoms with Crippen LogP contribution in [0, 0.1) is 6.92 Å². The molecule has 0 atom stereocenters. The molecule has 0 unspecified atom stereocenters. The van der Waals surface area contributed by atoms with Crippen LogP contribution in [0.25, 0.3) is 0 Å². The normalized spacial score (nSPS) is 10.2. The second-order valence-corrected chi connectivity index (χ2v) is 5.46. The number of halogens is 2. The average molecular weight is 340 g/mol. The minimum atomic E-state index is -0.319. The van der Waals surface area contributed by atoms with Crippen LogP contribution in [0.3, 0.4) is 0 Å². The van der Waals surface area contributed by atoms with Gasteiger partial charge in [-0.15, -0.1) is 0 Å². The molecule has 4 nitrogen and oxygen atoms in total. The molecular weight excluding hydrogens is 325 g/mol. The lowest BCUT2D eigenvalue weighted by atomic mass is 10.2. The van der Waals surface area contributed by atoms with Gasteiger partial charge in [0.2, 0.25) is 0 Å². The van der Waals surface area contributed by atoms with Crippen LogP contribution in [0.15, 0.2) is 36.4 Å². The van der Waals surface area contributed by atoms with Gasteiger partial charge in [-0.05, 0) is 36.8 Å². The Morgan fingerprint density at radius 1 is 1.14 bits per heavy atom. The van der Waals surface area contributed by atoms with Crippen LogP contribution in [0.2, 0.25) is 10.0 Å². The second-order valence-electron chi connectivity index (χ2n) is 4.62. The van der Waals surface area contributed by atoms with Crippen LogP contribution in [0.5, 0.6) is 11.5 Å². The van der Waals surface area contributed by atoms with Gasteiger partial charge in [0.15, 0.2) is 6.61 Å². The van der Waals surface area contributed by atoms with Gasteiger partial charge in [0.05, 0.1) is 17.8 Å². The third-order valence-electron chi connectivity index (χ3n) is 2.88. The standard InChI is InChI=1S/C16H15Cl2NO3/c1-10-3-6-14(21-2)13(7-10)19-16(20)9-22-15-8-11(17)4-5-12(15)18/h3-8H,9H2,1-2H3,(H,19,20). The summed E-state index contributed by atoms with van der Waals surface area (Å²) in [5.41, 5.74) is 1.60. The lowest BCUT2D eigenvalue weighted by Gasteiger charge is -2.12. The Kier molecular flexibility index (Phi) is 5.52. The highest BCUT2D eigenvalue weighted by Crippen LogP contribution is 2.28. The number of methoxy groups -OCH3 is 1. The third kappa shape index (κ3) is 4.29. The molecule has 0 aromatic heterocycles. The van der Waals surface area contributed by atoms with Crippen molar-refractivity contribution in [3.05, 3.63) is 52.0 Å². The summed E-state index contributed by atoms with van der Waals surface area (Å²) in [6.07, 6.45) is 0. The molecule has 6 heteroatoms. The fraction of sp³-hybridized carbons (Fsp3) is 0.188. The lowest BCUT2D eigenvalue weighted by molar-refractivity contribution is -0.118. The van der Waals surface area contributed by atoms with Crippen molar-refractivity contribution in [1.29, 1.82) is 0 Å². The number of hydrogen-bond donors (Lipinski definition) is 1. The summed E-state index contributed by atoms with van der Waals surface area (Å²) >= 11 is 11.8. The van der Waals surface area contributed by atoms with Crippen LogP contribution in [0.1, 0.15) is 5.56 Å². The maximum Gasteiger partial charge on any atom is 0.262 e. The second kappa shape index (κ2) is 7.38. The third-order valence-corrected chi connectivity index (χ3v) is 3.43. The molecule has 0 aliphatic carbocycles. The molecule has 22 heavy (non-hydrogen) atoms. The SMILES string of the molecule is COc1ccc(C)cc1NC(=O)COc1cc(Cl)ccc1Cl. The Hall–Kier alpha value is -1.91. The summed E-state index contributed by atoms with van der Waals surface area (Å²) < 4.78 is 10.6. The summed E-state index contributed by atoms with van der Waals surface area (Å²) in [6.45, 7) is 1.74. The molecule has 1 N–H and O–H groups in total. The minimum absolute atomic E-state index is 0.183. The number of aryl methyl sites for hydroxylation is 1. The summed E-state index contributed by atoms with van der Waals surface area (Å²) in [5.74, 6) is 0.625. The maximum absolute atomic E-state index is 12.0. The fourth-order valence-corrected chi connectivity index (χ4v) is 2.17. The van der Waals surface area contributed by atoms with Gasteiger partial charge < -0.3 is 14.8 Å². The molecule has 0 fully saturated rings. The van der Waals surface area contributed by atoms with E-state index in [-0.39, 0.29) is 12.5 Å². The topological polar surface area (TPSA) is 47.6 Å². The van der Waals surface area contributed by atoms with E-state index in [1.165, 1.54) is 0 Å². The first-order chi connectivity index (χ1) is 10.5. The van der Waals surface area contributed by atoms with E-state index in [9.17, 15) is 4.79 Å². The predicted octanol–water partition coefficient (Wildman–Crippen LogP) is 4.33. The van der Waals surface area contributed by atoms with Crippen LogP contribution >= 0.6 is 23.2 Å². The van der Waals surface area contributed by atoms with Crippen molar-refractivity contribution in [1.82, 2.24) is 0 Å². The monoisotopic (exact) mass is 339 g/mol. The molecule has 2 aromatic carbocycles. The van der Waals surface area contributed by atoms with Gasteiger partial charge in [0.1, 0.15) is 11.5 Å². The van der Waals surface area contributed by atoms with Gasteiger partial charge >= 0.3 is 0 Å². The van der Waals surface area contributed by atoms with Crippen molar-refractivity contribution in [3.8, 4) is 11.5 Å². The molecule has 2 rings (SSSR count). The molecule has 0 heterocycles. The van der Waals surface area contributed by atoms with Crippen LogP contribution in [-0.2, 0) is 4.79 Å². The van der Waals surface area contributed by atoms with E-state index < -0.39 is 0 Å². The first-order valence-electron chi connectivity index (χ1n) is 6.52. The van der Waals surface area contributed by atoms with Crippen molar-refractivity contribution in [3.63, 3.8) is 0 Å². The predicted molar refractivity (Wildman–Crippen MR) is 88.3 cm³/mol. The molecule has 0 aliphatic heterocycles. The number of carbonyl (C=O) groups is 1. The minimum Gasteiger partial charge on any atom is -0.495 e. The number of amides is 1. The van der Waals surface area contributed by atoms with E-state index in [4.69, 9.17) is 32.7 Å². The number of carbonyl (C=O) groups excluding carboxylic acids is 1. The van der Waals surface area contributed by atoms with Gasteiger partial charge in [0.25, 0.3) is 5.91 Å². The summed E-state index contributed by atoms with van der Waals surface area (Å²) in [7, 11) is 1.54. The number of nitrogens with one attached hydrogen (secondary N) is 1. The van der Waals surface area contributed by atoms with Crippen molar-refractivity contribution in [2.24, 2.45) is 0 Å². The summed E-state index contributed by atoms with van der Waals surface area (Å²) in [6, 6.07) is 10.3. The summed E-state index contributed by atoms with van der Waals surface area (Å²) in [4.78, 5) is 12.0. The van der Waals surface area contributed by atoms with Crippen LogP contribution in [-0.4, -0.2) is 19.6 Å². The highest BCUT2D eigenvalue weighted by atomic mass is 35.5. The molecule has 116 valence electrons. The number of ether oxygens (including phenoxy) is 2. The number of anilines is 1.